The van der Waals surface area contributed by atoms with Crippen molar-refractivity contribution in [1.29, 1.82) is 0 Å². The normalized spacial score (nSPS) is 24.9. The zero-order valence-corrected chi connectivity index (χ0v) is 17.8. The molecule has 1 N–H and O–H groups in total. The van der Waals surface area contributed by atoms with Gasteiger partial charge in [-0.25, -0.2) is 0 Å². The van der Waals surface area contributed by atoms with Crippen LogP contribution in [0.3, 0.4) is 0 Å². The number of carbonyl (C=O) groups is 1. The standard InChI is InChI=1S/C24H31N3O3/c1-25(2)24(19-8-4-3-5-9-19)12-13-27(18-22(24)28)23(29)20-10-6-7-11-21(20)26-14-16-30-17-15-26/h3-11,22,28H,12-18H2,1-2H3/t22-,24+/m1/s1. The number of aliphatic hydroxyl groups is 1. The number of morpholine rings is 1. The molecule has 160 valence electrons. The second-order valence-electron chi connectivity index (χ2n) is 8.32. The van der Waals surface area contributed by atoms with Crippen LogP contribution >= 0.6 is 0 Å². The Morgan fingerprint density at radius 2 is 1.70 bits per heavy atom. The van der Waals surface area contributed by atoms with Crippen molar-refractivity contribution in [3.05, 3.63) is 65.7 Å². The minimum Gasteiger partial charge on any atom is -0.389 e. The average Bonchev–Trinajstić information content (AvgIpc) is 2.79. The van der Waals surface area contributed by atoms with Crippen molar-refractivity contribution in [2.75, 3.05) is 58.4 Å². The van der Waals surface area contributed by atoms with Crippen molar-refractivity contribution in [3.63, 3.8) is 0 Å². The maximum Gasteiger partial charge on any atom is 0.256 e. The van der Waals surface area contributed by atoms with Crippen molar-refractivity contribution in [2.24, 2.45) is 0 Å². The van der Waals surface area contributed by atoms with E-state index in [1.807, 2.05) is 56.6 Å². The van der Waals surface area contributed by atoms with E-state index < -0.39 is 11.6 Å². The molecule has 0 aliphatic carbocycles. The Hall–Kier alpha value is -2.41. The van der Waals surface area contributed by atoms with Crippen LogP contribution in [0.5, 0.6) is 0 Å². The maximum atomic E-state index is 13.5. The van der Waals surface area contributed by atoms with E-state index >= 15 is 0 Å². The molecule has 30 heavy (non-hydrogen) atoms. The van der Waals surface area contributed by atoms with Crippen molar-refractivity contribution >= 4 is 11.6 Å². The van der Waals surface area contributed by atoms with Crippen LogP contribution in [-0.2, 0) is 10.3 Å². The van der Waals surface area contributed by atoms with Gasteiger partial charge < -0.3 is 19.6 Å². The molecule has 0 saturated carbocycles. The summed E-state index contributed by atoms with van der Waals surface area (Å²) in [5.41, 5.74) is 2.24. The lowest BCUT2D eigenvalue weighted by molar-refractivity contribution is -0.0612. The predicted molar refractivity (Wildman–Crippen MR) is 118 cm³/mol. The predicted octanol–water partition coefficient (Wildman–Crippen LogP) is 2.19. The molecule has 4 rings (SSSR count). The maximum absolute atomic E-state index is 13.5. The fraction of sp³-hybridized carbons (Fsp3) is 0.458. The fourth-order valence-electron chi connectivity index (χ4n) is 4.86. The molecule has 0 radical (unpaired) electrons. The van der Waals surface area contributed by atoms with Gasteiger partial charge in [-0.05, 0) is 38.2 Å². The SMILES string of the molecule is CN(C)[C@]1(c2ccccc2)CCN(C(=O)c2ccccc2N2CCOCC2)C[C@H]1O. The number of amides is 1. The Balaban J connectivity index is 1.57. The summed E-state index contributed by atoms with van der Waals surface area (Å²) in [4.78, 5) is 19.6. The second-order valence-corrected chi connectivity index (χ2v) is 8.32. The molecule has 6 nitrogen and oxygen atoms in total. The lowest BCUT2D eigenvalue weighted by Crippen LogP contribution is -2.60. The third-order valence-electron chi connectivity index (χ3n) is 6.55. The van der Waals surface area contributed by atoms with Crippen LogP contribution in [0.4, 0.5) is 5.69 Å². The van der Waals surface area contributed by atoms with Gasteiger partial charge in [0, 0.05) is 31.9 Å². The molecule has 2 fully saturated rings. The number of likely N-dealkylation sites (N-methyl/N-ethyl adjacent to an activating group) is 1. The highest BCUT2D eigenvalue weighted by atomic mass is 16.5. The number of nitrogens with zero attached hydrogens (tertiary/aromatic N) is 3. The van der Waals surface area contributed by atoms with E-state index in [-0.39, 0.29) is 5.91 Å². The number of benzene rings is 2. The molecule has 0 bridgehead atoms. The van der Waals surface area contributed by atoms with Gasteiger partial charge in [0.15, 0.2) is 0 Å². The summed E-state index contributed by atoms with van der Waals surface area (Å²) in [6.45, 7) is 3.82. The average molecular weight is 410 g/mol. The Labute approximate surface area is 178 Å². The number of aliphatic hydroxyl groups excluding tert-OH is 1. The van der Waals surface area contributed by atoms with E-state index in [9.17, 15) is 9.90 Å². The summed E-state index contributed by atoms with van der Waals surface area (Å²) in [5, 5.41) is 11.3. The van der Waals surface area contributed by atoms with E-state index in [1.54, 1.807) is 4.90 Å². The lowest BCUT2D eigenvalue weighted by atomic mass is 9.77. The molecule has 6 heteroatoms. The number of anilines is 1. The van der Waals surface area contributed by atoms with E-state index in [2.05, 4.69) is 21.9 Å². The Morgan fingerprint density at radius 1 is 1.03 bits per heavy atom. The minimum atomic E-state index is -0.678. The van der Waals surface area contributed by atoms with E-state index in [0.717, 1.165) is 24.3 Å². The van der Waals surface area contributed by atoms with E-state index in [0.29, 0.717) is 38.3 Å². The number of β-amino-alcohol motifs (C(OH)–C–C–N with tert-alkyl or cyclic N) is 1. The topological polar surface area (TPSA) is 56.2 Å². The second kappa shape index (κ2) is 8.76. The van der Waals surface area contributed by atoms with Gasteiger partial charge >= 0.3 is 0 Å². The first-order valence-electron chi connectivity index (χ1n) is 10.7. The highest BCUT2D eigenvalue weighted by Gasteiger charge is 2.46. The summed E-state index contributed by atoms with van der Waals surface area (Å²) in [5.74, 6) is -0.0171. The van der Waals surface area contributed by atoms with Crippen molar-refractivity contribution in [3.8, 4) is 0 Å². The minimum absolute atomic E-state index is 0.0171. The first-order chi connectivity index (χ1) is 14.5. The molecule has 1 amide bonds. The monoisotopic (exact) mass is 409 g/mol. The largest absolute Gasteiger partial charge is 0.389 e. The van der Waals surface area contributed by atoms with Crippen molar-refractivity contribution in [2.45, 2.75) is 18.1 Å². The van der Waals surface area contributed by atoms with Gasteiger partial charge in [-0.15, -0.1) is 0 Å². The summed E-state index contributed by atoms with van der Waals surface area (Å²) in [6.07, 6.45) is -0.000416. The molecule has 2 aliphatic heterocycles. The van der Waals surface area contributed by atoms with Crippen LogP contribution in [-0.4, -0.2) is 80.4 Å². The van der Waals surface area contributed by atoms with Crippen LogP contribution in [0.1, 0.15) is 22.3 Å². The molecule has 2 heterocycles. The Morgan fingerprint density at radius 3 is 2.37 bits per heavy atom. The molecule has 2 aliphatic rings. The Bertz CT molecular complexity index is 867. The van der Waals surface area contributed by atoms with Gasteiger partial charge in [0.1, 0.15) is 0 Å². The van der Waals surface area contributed by atoms with Gasteiger partial charge in [-0.2, -0.15) is 0 Å². The fourth-order valence-corrected chi connectivity index (χ4v) is 4.86. The van der Waals surface area contributed by atoms with Gasteiger partial charge in [0.05, 0.1) is 30.4 Å². The zero-order chi connectivity index (χ0) is 21.1. The summed E-state index contributed by atoms with van der Waals surface area (Å²) < 4.78 is 5.46. The summed E-state index contributed by atoms with van der Waals surface area (Å²) >= 11 is 0. The number of hydrogen-bond donors (Lipinski definition) is 1. The zero-order valence-electron chi connectivity index (χ0n) is 17.8. The first kappa shape index (κ1) is 20.8. The molecule has 0 unspecified atom stereocenters. The van der Waals surface area contributed by atoms with Crippen LogP contribution < -0.4 is 4.90 Å². The van der Waals surface area contributed by atoms with Crippen LogP contribution in [0.15, 0.2) is 54.6 Å². The van der Waals surface area contributed by atoms with E-state index in [4.69, 9.17) is 4.74 Å². The number of para-hydroxylation sites is 1. The van der Waals surface area contributed by atoms with Crippen molar-refractivity contribution in [1.82, 2.24) is 9.80 Å². The molecular weight excluding hydrogens is 378 g/mol. The molecule has 0 spiro atoms. The molecule has 2 saturated heterocycles. The molecule has 0 aromatic heterocycles. The number of ether oxygens (including phenoxy) is 1. The molecular formula is C24H31N3O3. The number of rotatable bonds is 4. The van der Waals surface area contributed by atoms with Gasteiger partial charge in [0.25, 0.3) is 5.91 Å². The molecule has 2 aromatic carbocycles. The van der Waals surface area contributed by atoms with Gasteiger partial charge in [-0.3, -0.25) is 9.69 Å². The van der Waals surface area contributed by atoms with Crippen LogP contribution in [0.2, 0.25) is 0 Å². The number of likely N-dealkylation sites (tertiary alicyclic amines) is 1. The first-order valence-corrected chi connectivity index (χ1v) is 10.7. The summed E-state index contributed by atoms with van der Waals surface area (Å²) in [7, 11) is 4.00. The molecule has 2 atom stereocenters. The number of piperidine rings is 1. The lowest BCUT2D eigenvalue weighted by Gasteiger charge is -2.50. The van der Waals surface area contributed by atoms with Gasteiger partial charge in [-0.1, -0.05) is 42.5 Å². The van der Waals surface area contributed by atoms with Crippen LogP contribution in [0.25, 0.3) is 0 Å². The highest BCUT2D eigenvalue weighted by molar-refractivity contribution is 6.00. The summed E-state index contributed by atoms with van der Waals surface area (Å²) in [6, 6.07) is 17.9. The quantitative estimate of drug-likeness (QED) is 0.839. The Kier molecular flexibility index (Phi) is 6.09. The van der Waals surface area contributed by atoms with Gasteiger partial charge in [0.2, 0.25) is 0 Å². The van der Waals surface area contributed by atoms with E-state index in [1.165, 1.54) is 0 Å². The molecule has 2 aromatic rings. The smallest absolute Gasteiger partial charge is 0.256 e. The van der Waals surface area contributed by atoms with Crippen LogP contribution in [0, 0.1) is 0 Å². The highest BCUT2D eigenvalue weighted by Crippen LogP contribution is 2.38. The number of carbonyl (C=O) groups excluding carboxylic acids is 1. The number of hydrogen-bond acceptors (Lipinski definition) is 5. The van der Waals surface area contributed by atoms with Crippen molar-refractivity contribution < 1.29 is 14.6 Å². The third-order valence-corrected chi connectivity index (χ3v) is 6.55. The third kappa shape index (κ3) is 3.71.